The van der Waals surface area contributed by atoms with Crippen LogP contribution in [0.25, 0.3) is 5.65 Å². The van der Waals surface area contributed by atoms with E-state index in [9.17, 15) is 4.79 Å². The Bertz CT molecular complexity index is 693. The molecule has 1 amide bonds. The number of aryl methyl sites for hydroxylation is 1. The molecule has 0 aromatic carbocycles. The minimum Gasteiger partial charge on any atom is -0.343 e. The van der Waals surface area contributed by atoms with Gasteiger partial charge in [0.2, 0.25) is 5.91 Å². The third-order valence-electron chi connectivity index (χ3n) is 4.99. The Balaban J connectivity index is 1.66. The van der Waals surface area contributed by atoms with E-state index in [1.807, 2.05) is 11.1 Å². The largest absolute Gasteiger partial charge is 0.343 e. The van der Waals surface area contributed by atoms with Gasteiger partial charge in [-0.05, 0) is 37.0 Å². The lowest BCUT2D eigenvalue weighted by atomic mass is 9.90. The van der Waals surface area contributed by atoms with Crippen molar-refractivity contribution >= 4 is 11.6 Å². The highest BCUT2D eigenvalue weighted by molar-refractivity contribution is 5.73. The van der Waals surface area contributed by atoms with Crippen LogP contribution in [-0.4, -0.2) is 39.3 Å². The van der Waals surface area contributed by atoms with Gasteiger partial charge in [0, 0.05) is 38.8 Å². The zero-order valence-electron chi connectivity index (χ0n) is 14.2. The number of carbonyl (C=O) groups excluding carboxylic acids is 1. The molecule has 1 saturated heterocycles. The van der Waals surface area contributed by atoms with Gasteiger partial charge >= 0.3 is 0 Å². The van der Waals surface area contributed by atoms with E-state index < -0.39 is 0 Å². The average molecular weight is 314 g/mol. The van der Waals surface area contributed by atoms with E-state index in [4.69, 9.17) is 0 Å². The number of aromatic nitrogens is 2. The van der Waals surface area contributed by atoms with Crippen molar-refractivity contribution < 1.29 is 4.79 Å². The molecule has 1 fully saturated rings. The lowest BCUT2D eigenvalue weighted by Gasteiger charge is -2.38. The summed E-state index contributed by atoms with van der Waals surface area (Å²) in [4.78, 5) is 18.0. The van der Waals surface area contributed by atoms with E-state index in [-0.39, 0.29) is 5.91 Å². The summed E-state index contributed by atoms with van der Waals surface area (Å²) < 4.78 is 2.14. The third-order valence-corrected chi connectivity index (χ3v) is 4.99. The van der Waals surface area contributed by atoms with Crippen molar-refractivity contribution in [1.29, 1.82) is 0 Å². The molecule has 3 heterocycles. The number of carbonyl (C=O) groups is 1. The van der Waals surface area contributed by atoms with E-state index in [1.165, 1.54) is 11.3 Å². The van der Waals surface area contributed by atoms with Crippen LogP contribution in [0.5, 0.6) is 0 Å². The zero-order chi connectivity index (χ0) is 16.4. The summed E-state index contributed by atoms with van der Waals surface area (Å²) in [6, 6.07) is 4.67. The normalized spacial score (nSPS) is 21.8. The van der Waals surface area contributed by atoms with Crippen molar-refractivity contribution in [3.8, 4) is 0 Å². The van der Waals surface area contributed by atoms with Crippen molar-refractivity contribution in [2.75, 3.05) is 13.1 Å². The van der Waals surface area contributed by atoms with Crippen LogP contribution in [-0.2, 0) is 11.3 Å². The number of piperidine rings is 1. The van der Waals surface area contributed by atoms with Crippen LogP contribution in [0, 0.1) is 12.8 Å². The van der Waals surface area contributed by atoms with E-state index in [1.54, 1.807) is 6.92 Å². The highest BCUT2D eigenvalue weighted by atomic mass is 16.2. The number of nitrogens with zero attached hydrogens (tertiary/aromatic N) is 3. The van der Waals surface area contributed by atoms with Gasteiger partial charge in [-0.1, -0.05) is 13.3 Å². The molecule has 0 aliphatic carbocycles. The zero-order valence-corrected chi connectivity index (χ0v) is 14.2. The lowest BCUT2D eigenvalue weighted by Crippen LogP contribution is -2.50. The van der Waals surface area contributed by atoms with Gasteiger partial charge in [0.25, 0.3) is 0 Å². The Labute approximate surface area is 137 Å². The van der Waals surface area contributed by atoms with E-state index in [0.29, 0.717) is 12.0 Å². The van der Waals surface area contributed by atoms with Crippen LogP contribution in [0.15, 0.2) is 24.5 Å². The molecule has 1 N–H and O–H groups in total. The van der Waals surface area contributed by atoms with Gasteiger partial charge in [0.15, 0.2) is 0 Å². The number of nitrogens with one attached hydrogen (secondary N) is 1. The molecule has 2 aromatic heterocycles. The predicted molar refractivity (Wildman–Crippen MR) is 91.2 cm³/mol. The molecule has 0 unspecified atom stereocenters. The molecule has 1 aliphatic rings. The predicted octanol–water partition coefficient (Wildman–Crippen LogP) is 2.38. The first-order valence-electron chi connectivity index (χ1n) is 8.50. The maximum absolute atomic E-state index is 11.6. The van der Waals surface area contributed by atoms with Gasteiger partial charge in [-0.2, -0.15) is 0 Å². The number of fused-ring (bicyclic) bond motifs is 1. The summed E-state index contributed by atoms with van der Waals surface area (Å²) in [6.45, 7) is 8.50. The molecule has 0 spiro atoms. The molecular formula is C18H26N4O. The molecule has 5 heteroatoms. The topological polar surface area (TPSA) is 49.6 Å². The molecule has 3 rings (SSSR count). The Hall–Kier alpha value is -1.88. The monoisotopic (exact) mass is 314 g/mol. The molecule has 23 heavy (non-hydrogen) atoms. The van der Waals surface area contributed by atoms with Crippen molar-refractivity contribution in [1.82, 2.24) is 19.6 Å². The molecule has 0 saturated carbocycles. The first-order valence-corrected chi connectivity index (χ1v) is 8.50. The minimum atomic E-state index is 0.194. The molecular weight excluding hydrogens is 288 g/mol. The third kappa shape index (κ3) is 3.39. The molecule has 1 aliphatic heterocycles. The summed E-state index contributed by atoms with van der Waals surface area (Å²) in [5, 5.41) is 3.69. The van der Waals surface area contributed by atoms with Crippen LogP contribution in [0.4, 0.5) is 0 Å². The minimum absolute atomic E-state index is 0.194. The molecule has 0 radical (unpaired) electrons. The fourth-order valence-electron chi connectivity index (χ4n) is 3.50. The first kappa shape index (κ1) is 16.0. The number of pyridine rings is 1. The Morgan fingerprint density at radius 2 is 2.30 bits per heavy atom. The van der Waals surface area contributed by atoms with Crippen molar-refractivity contribution in [2.24, 2.45) is 5.92 Å². The number of hydrogen-bond donors (Lipinski definition) is 1. The van der Waals surface area contributed by atoms with Crippen LogP contribution in [0.1, 0.15) is 37.9 Å². The smallest absolute Gasteiger partial charge is 0.219 e. The van der Waals surface area contributed by atoms with Gasteiger partial charge in [-0.3, -0.25) is 4.79 Å². The van der Waals surface area contributed by atoms with Crippen molar-refractivity contribution in [3.63, 3.8) is 0 Å². The molecule has 0 bridgehead atoms. The van der Waals surface area contributed by atoms with Crippen molar-refractivity contribution in [3.05, 3.63) is 35.8 Å². The fraction of sp³-hybridized carbons (Fsp3) is 0.556. The van der Waals surface area contributed by atoms with E-state index in [0.717, 1.165) is 38.1 Å². The fourth-order valence-corrected chi connectivity index (χ4v) is 3.50. The summed E-state index contributed by atoms with van der Waals surface area (Å²) >= 11 is 0. The Morgan fingerprint density at radius 1 is 1.48 bits per heavy atom. The van der Waals surface area contributed by atoms with Gasteiger partial charge < -0.3 is 14.6 Å². The lowest BCUT2D eigenvalue weighted by molar-refractivity contribution is -0.131. The van der Waals surface area contributed by atoms with Crippen LogP contribution < -0.4 is 5.32 Å². The van der Waals surface area contributed by atoms with Gasteiger partial charge in [0.1, 0.15) is 5.65 Å². The average Bonchev–Trinajstić information content (AvgIpc) is 2.94. The molecule has 5 nitrogen and oxygen atoms in total. The Kier molecular flexibility index (Phi) is 4.66. The van der Waals surface area contributed by atoms with Gasteiger partial charge in [-0.25, -0.2) is 4.98 Å². The maximum Gasteiger partial charge on any atom is 0.219 e. The summed E-state index contributed by atoms with van der Waals surface area (Å²) in [5.74, 6) is 0.716. The maximum atomic E-state index is 11.6. The Morgan fingerprint density at radius 3 is 3.04 bits per heavy atom. The summed E-state index contributed by atoms with van der Waals surface area (Å²) in [6.07, 6.45) is 6.15. The SMILES string of the molecule is CC[C@H]1CN(C(C)=O)CC[C@@H]1NCc1cnc2cc(C)ccn12. The highest BCUT2D eigenvalue weighted by Crippen LogP contribution is 2.21. The molecule has 2 atom stereocenters. The number of imidazole rings is 1. The van der Waals surface area contributed by atoms with Crippen molar-refractivity contribution in [2.45, 2.75) is 46.2 Å². The first-order chi connectivity index (χ1) is 11.1. The summed E-state index contributed by atoms with van der Waals surface area (Å²) in [7, 11) is 0. The van der Waals surface area contributed by atoms with Gasteiger partial charge in [0.05, 0.1) is 11.9 Å². The number of likely N-dealkylation sites (tertiary alicyclic amines) is 1. The second kappa shape index (κ2) is 6.71. The van der Waals surface area contributed by atoms with Gasteiger partial charge in [-0.15, -0.1) is 0 Å². The number of rotatable bonds is 4. The molecule has 124 valence electrons. The molecule has 2 aromatic rings. The van der Waals surface area contributed by atoms with E-state index in [2.05, 4.69) is 46.9 Å². The van der Waals surface area contributed by atoms with Crippen LogP contribution in [0.3, 0.4) is 0 Å². The summed E-state index contributed by atoms with van der Waals surface area (Å²) in [5.41, 5.74) is 3.41. The van der Waals surface area contributed by atoms with Crippen LogP contribution >= 0.6 is 0 Å². The standard InChI is InChI=1S/C18H26N4O/c1-4-15-12-21(14(3)23)7-6-17(15)19-10-16-11-20-18-9-13(2)5-8-22(16)18/h5,8-9,11,15,17,19H,4,6-7,10,12H2,1-3H3/t15-,17-/m0/s1. The highest BCUT2D eigenvalue weighted by Gasteiger charge is 2.28. The second-order valence-corrected chi connectivity index (χ2v) is 6.59. The number of amides is 1. The number of hydrogen-bond acceptors (Lipinski definition) is 3. The quantitative estimate of drug-likeness (QED) is 0.942. The van der Waals surface area contributed by atoms with E-state index >= 15 is 0 Å². The second-order valence-electron chi connectivity index (χ2n) is 6.59. The van der Waals surface area contributed by atoms with Crippen LogP contribution in [0.2, 0.25) is 0 Å².